The van der Waals surface area contributed by atoms with E-state index >= 15 is 0 Å². The molecule has 6 fully saturated rings. The Morgan fingerprint density at radius 2 is 0.672 bits per heavy atom. The van der Waals surface area contributed by atoms with Crippen molar-refractivity contribution in [3.63, 3.8) is 0 Å². The number of aliphatic hydroxyl groups is 12. The number of aromatic amines is 6. The maximum Gasteiger partial charge on any atom is 0.280 e. The highest BCUT2D eigenvalue weighted by Crippen LogP contribution is 2.47. The molecule has 0 unspecified atom stereocenters. The van der Waals surface area contributed by atoms with E-state index in [2.05, 4.69) is 120 Å². The van der Waals surface area contributed by atoms with E-state index in [0.717, 1.165) is 0 Å². The van der Waals surface area contributed by atoms with Gasteiger partial charge in [-0.25, -0.2) is 29.9 Å². The van der Waals surface area contributed by atoms with Gasteiger partial charge in [0.2, 0.25) is 35.7 Å². The van der Waals surface area contributed by atoms with Crippen molar-refractivity contribution in [2.45, 2.75) is 155 Å². The summed E-state index contributed by atoms with van der Waals surface area (Å²) in [5.41, 5.74) is 59.0. The van der Waals surface area contributed by atoms with Gasteiger partial charge in [-0.2, -0.15) is 40.4 Å². The van der Waals surface area contributed by atoms with Crippen LogP contribution in [0, 0.1) is 34.0 Å². The van der Waals surface area contributed by atoms with Crippen molar-refractivity contribution in [2.75, 3.05) is 74.0 Å². The summed E-state index contributed by atoms with van der Waals surface area (Å²) in [7, 11) is 0. The molecule has 694 valence electrons. The lowest BCUT2D eigenvalue weighted by Crippen LogP contribution is -2.42. The summed E-state index contributed by atoms with van der Waals surface area (Å²) in [6.07, 6.45) is -10.6. The van der Waals surface area contributed by atoms with Crippen LogP contribution in [0.25, 0.3) is 98.3 Å². The predicted molar refractivity (Wildman–Crippen MR) is 436 cm³/mol. The summed E-state index contributed by atoms with van der Waals surface area (Å²) < 4.78 is 41.3. The Labute approximate surface area is 722 Å². The van der Waals surface area contributed by atoms with Crippen LogP contribution in [0.3, 0.4) is 0 Å². The minimum Gasteiger partial charge on any atom is -0.394 e. The molecule has 6 aliphatic heterocycles. The first-order valence-corrected chi connectivity index (χ1v) is 38.2. The standard InChI is InChI=1S/C12H14N6O4.2C11H14N8O4.C11H12N6O4.C10H12N8O4.C10H14N6O4/c1-12(3-13)7(20)5(2-19)22-10(12)18-4-15-6-8(18)16-11(14)17-9(6)21;2*1-11(17-18-13)6(21)4(2-20)23-9(11)19-3-14-5-7(19)15-10(12)16-8(5)22;12-1-4-7(19)5(2-18)21-10(4)17-3-14-6-8(17)15-11(13)16-9(6)20;11-10-14-7-5(8(21)15-10)13-2-18(7)9-4(16-17-12)6(20)3(1-19)22-9;11-4-6(18)3(1-17)20-9(4)16-2-13-5-7(16)14-10(12)15-8(5)19/h4-5,7,10,19-20H,2H2,1H3,(H3,14,16,17,21);2*3-4,6,9,20-21H,2H2,1H3,(H3,12,15,16,22);3-5,7,10,18-19H,2H2,(H3,13,15,16,20);2-4,6,9,19-20H,1H2,(H3,11,14,15,21);2-4,6,9,17-18H,1,11H2,(H3,12,14,15,19)/t5-,7-,10-,12-;2*4-,6-,9-,11-;4-,5-,7+,10-;2*3-,4-,6-,9-/m111111/s1. The van der Waals surface area contributed by atoms with Crippen molar-refractivity contribution in [3.8, 4) is 12.1 Å². The van der Waals surface area contributed by atoms with E-state index in [9.17, 15) is 90.4 Å². The van der Waals surface area contributed by atoms with Gasteiger partial charge < -0.3 is 130 Å². The number of imidazole rings is 6. The molecule has 0 bridgehead atoms. The van der Waals surface area contributed by atoms with E-state index in [1.165, 1.54) is 86.1 Å². The number of hydrogen-bond acceptors (Lipinski definition) is 48. The van der Waals surface area contributed by atoms with Gasteiger partial charge in [-0.05, 0) is 37.4 Å². The molecule has 0 aliphatic carbocycles. The topological polar surface area (TPSA) is 1060 Å². The van der Waals surface area contributed by atoms with Crippen LogP contribution in [0.2, 0.25) is 0 Å². The minimum absolute atomic E-state index is 0.0213. The highest BCUT2D eigenvalue weighted by atomic mass is 16.6. The Kier molecular flexibility index (Phi) is 26.7. The number of nitrogens with two attached hydrogens (primary N) is 7. The molecule has 24 atom stereocenters. The van der Waals surface area contributed by atoms with E-state index < -0.39 is 211 Å². The lowest BCUT2D eigenvalue weighted by molar-refractivity contribution is -0.0469. The third-order valence-electron chi connectivity index (χ3n) is 21.9. The molecule has 32 N–H and O–H groups in total. The number of azide groups is 3. The van der Waals surface area contributed by atoms with Gasteiger partial charge >= 0.3 is 0 Å². The average molecular weight is 1830 g/mol. The van der Waals surface area contributed by atoms with Gasteiger partial charge in [0, 0.05) is 14.7 Å². The molecule has 18 rings (SSSR count). The van der Waals surface area contributed by atoms with Gasteiger partial charge in [-0.3, -0.25) is 86.1 Å². The third-order valence-corrected chi connectivity index (χ3v) is 21.9. The number of anilines is 6. The fourth-order valence-electron chi connectivity index (χ4n) is 15.2. The number of nitrogens with one attached hydrogen (secondary N) is 6. The molecule has 66 nitrogen and oxygen atoms in total. The summed E-state index contributed by atoms with van der Waals surface area (Å²) in [4.78, 5) is 140. The van der Waals surface area contributed by atoms with Crippen molar-refractivity contribution in [2.24, 2.45) is 32.4 Å². The zero-order valence-electron chi connectivity index (χ0n) is 67.6. The lowest BCUT2D eigenvalue weighted by atomic mass is 9.84. The largest absolute Gasteiger partial charge is 0.394 e. The molecule has 0 aromatic carbocycles. The first-order valence-electron chi connectivity index (χ1n) is 38.2. The summed E-state index contributed by atoms with van der Waals surface area (Å²) in [6.45, 7) is 1.79. The molecule has 12 aromatic rings. The molecule has 0 amide bonds. The van der Waals surface area contributed by atoms with Crippen molar-refractivity contribution in [1.82, 2.24) is 117 Å². The van der Waals surface area contributed by atoms with Gasteiger partial charge in [0.15, 0.2) is 98.1 Å². The van der Waals surface area contributed by atoms with Crippen LogP contribution in [0.5, 0.6) is 0 Å². The lowest BCUT2D eigenvalue weighted by Gasteiger charge is -2.27. The molecular weight excluding hydrogens is 1750 g/mol. The number of ether oxygens (including phenoxy) is 6. The van der Waals surface area contributed by atoms with E-state index in [-0.39, 0.29) is 109 Å². The van der Waals surface area contributed by atoms with Crippen molar-refractivity contribution in [3.05, 3.63) is 131 Å². The molecule has 0 saturated carbocycles. The number of aliphatic hydroxyl groups excluding tert-OH is 12. The first kappa shape index (κ1) is 93.7. The Hall–Kier alpha value is -14.9. The Balaban J connectivity index is 0.000000134. The van der Waals surface area contributed by atoms with E-state index in [1.54, 1.807) is 0 Å². The van der Waals surface area contributed by atoms with Gasteiger partial charge in [0.1, 0.15) is 89.6 Å². The number of fused-ring (bicyclic) bond motifs is 6. The molecule has 131 heavy (non-hydrogen) atoms. The van der Waals surface area contributed by atoms with Gasteiger partial charge in [-0.15, -0.1) is 0 Å². The van der Waals surface area contributed by atoms with E-state index in [1.807, 2.05) is 12.1 Å². The number of nitriles is 2. The quantitative estimate of drug-likeness (QED) is 0.0257. The van der Waals surface area contributed by atoms with Crippen LogP contribution in [0.4, 0.5) is 35.7 Å². The summed E-state index contributed by atoms with van der Waals surface area (Å²) >= 11 is 0. The second-order valence-electron chi connectivity index (χ2n) is 30.0. The highest BCUT2D eigenvalue weighted by molar-refractivity contribution is 5.75. The molecule has 0 radical (unpaired) electrons. The van der Waals surface area contributed by atoms with Gasteiger partial charge in [-0.1, -0.05) is 15.3 Å². The second kappa shape index (κ2) is 37.4. The maximum atomic E-state index is 11.8. The number of aromatic nitrogens is 24. The zero-order chi connectivity index (χ0) is 95.1. The van der Waals surface area contributed by atoms with Crippen LogP contribution >= 0.6 is 0 Å². The van der Waals surface area contributed by atoms with E-state index in [4.69, 9.17) is 95.4 Å². The van der Waals surface area contributed by atoms with Gasteiger partial charge in [0.05, 0.1) is 114 Å². The first-order chi connectivity index (χ1) is 62.4. The summed E-state index contributed by atoms with van der Waals surface area (Å²) in [5.74, 6) is -1.54. The molecule has 18 heterocycles. The molecule has 12 aromatic heterocycles. The molecule has 0 spiro atoms. The molecule has 6 aliphatic rings. The van der Waals surface area contributed by atoms with Crippen molar-refractivity contribution >= 4 is 103 Å². The predicted octanol–water partition coefficient (Wildman–Crippen LogP) is -9.47. The Morgan fingerprint density at radius 3 is 0.985 bits per heavy atom. The van der Waals surface area contributed by atoms with E-state index in [0.29, 0.717) is 0 Å². The van der Waals surface area contributed by atoms with Crippen LogP contribution in [0.15, 0.2) is 82.1 Å². The Morgan fingerprint density at radius 1 is 0.397 bits per heavy atom. The molecular formula is C65H80N42O24. The zero-order valence-corrected chi connectivity index (χ0v) is 67.6. The fourth-order valence-corrected chi connectivity index (χ4v) is 15.2. The highest BCUT2D eigenvalue weighted by Gasteiger charge is 2.58. The SMILES string of the molecule is C[C@@]1(C#N)[C@H](O)[C@@H](CO)O[C@H]1n1cnc2c(=O)[nH]c(N)nc21.C[C@@]1(N=[N+]=[N-])[C@H](O)[C@@H](CO)O[C@H]1n1cnc2c(=O)[nH]c(N)nc21.C[C@@]1(N=[N+]=[N-])[C@H](O)[C@@H](CO)O[C@H]1n1cnc2c(=O)[nH]c(N)nc21.N#C[C@@H]1[C@H](O)[C@@H](CO)O[C@H]1n1cnc2c(=O)[nH]c(N)nc21.Nc1nc2c(ncn2[C@@H]2O[C@H](CO)[C@@H](O)[C@H]2N)c(=O)[nH]1.[N-]=[N+]=N[C@@H]1[C@H](O)[C@@H](CO)O[C@H]1n1cnc2c(=O)[nH]c(N)nc21. The molecule has 66 heteroatoms. The number of nitrogen functional groups attached to an aromatic ring is 6. The summed E-state index contributed by atoms with van der Waals surface area (Å²) in [6, 6.07) is 2.14. The summed E-state index contributed by atoms with van der Waals surface area (Å²) in [5, 5.41) is 145. The maximum absolute atomic E-state index is 11.8. The number of nitrogens with zero attached hydrogens (tertiary/aromatic N) is 29. The second-order valence-corrected chi connectivity index (χ2v) is 30.0. The van der Waals surface area contributed by atoms with Crippen LogP contribution in [0.1, 0.15) is 58.1 Å². The fraction of sp³-hybridized carbons (Fsp3) is 0.508. The molecule has 6 saturated heterocycles. The number of hydrogen-bond donors (Lipinski definition) is 25. The Bertz CT molecular complexity index is 6770. The third kappa shape index (κ3) is 16.9. The van der Waals surface area contributed by atoms with Crippen LogP contribution < -0.4 is 73.5 Å². The average Bonchev–Trinajstić information content (AvgIpc) is 1.59. The van der Waals surface area contributed by atoms with Gasteiger partial charge in [0.25, 0.3) is 33.4 Å². The van der Waals surface area contributed by atoms with Crippen molar-refractivity contribution < 1.29 is 89.7 Å². The minimum atomic E-state index is -1.44. The number of rotatable bonds is 15. The number of H-pyrrole nitrogens is 6. The normalized spacial score (nSPS) is 29.9. The van der Waals surface area contributed by atoms with Crippen LogP contribution in [-0.4, -0.2) is 314 Å². The van der Waals surface area contributed by atoms with Crippen LogP contribution in [-0.2, 0) is 28.4 Å². The van der Waals surface area contributed by atoms with Crippen molar-refractivity contribution in [1.29, 1.82) is 10.5 Å². The monoisotopic (exact) mass is 1830 g/mol. The smallest absolute Gasteiger partial charge is 0.280 e.